The maximum atomic E-state index is 6.04. The van der Waals surface area contributed by atoms with Gasteiger partial charge in [-0.3, -0.25) is 10.1 Å². The fourth-order valence-corrected chi connectivity index (χ4v) is 3.86. The summed E-state index contributed by atoms with van der Waals surface area (Å²) in [6.07, 6.45) is 5.32. The maximum Gasteiger partial charge on any atom is 0.231 e. The van der Waals surface area contributed by atoms with Crippen LogP contribution in [0.3, 0.4) is 0 Å². The molecule has 0 aromatic carbocycles. The summed E-state index contributed by atoms with van der Waals surface area (Å²) >= 11 is 0. The first-order valence-corrected chi connectivity index (χ1v) is 10.4. The summed E-state index contributed by atoms with van der Waals surface area (Å²) in [6, 6.07) is 7.78. The third-order valence-electron chi connectivity index (χ3n) is 5.39. The Morgan fingerprint density at radius 1 is 1.12 bits per heavy atom. The van der Waals surface area contributed by atoms with Crippen molar-refractivity contribution in [1.29, 1.82) is 0 Å². The second-order valence-corrected chi connectivity index (χ2v) is 7.65. The number of pyridine rings is 2. The zero-order valence-electron chi connectivity index (χ0n) is 17.8. The number of hydrogen-bond donors (Lipinski definition) is 2. The van der Waals surface area contributed by atoms with E-state index >= 15 is 0 Å². The van der Waals surface area contributed by atoms with Gasteiger partial charge in [0.25, 0.3) is 0 Å². The number of rotatable bonds is 4. The smallest absolute Gasteiger partial charge is 0.231 e. The van der Waals surface area contributed by atoms with Crippen molar-refractivity contribution in [3.8, 4) is 11.3 Å². The summed E-state index contributed by atoms with van der Waals surface area (Å²) in [5.74, 6) is 1.77. The van der Waals surface area contributed by atoms with Crippen molar-refractivity contribution in [2.75, 3.05) is 36.5 Å². The number of aromatic nitrogens is 6. The second-order valence-electron chi connectivity index (χ2n) is 7.65. The molecule has 11 heteroatoms. The molecule has 0 saturated carbocycles. The molecule has 0 radical (unpaired) electrons. The summed E-state index contributed by atoms with van der Waals surface area (Å²) < 4.78 is 11.5. The van der Waals surface area contributed by atoms with Crippen LogP contribution in [0.4, 0.5) is 17.6 Å². The molecule has 0 amide bonds. The van der Waals surface area contributed by atoms with E-state index in [2.05, 4.69) is 30.4 Å². The SMILES string of the molecule is Cc1cncc(-c2cc(Nc3nc(N4CCOCC4)c4oc5ncccc5c4n3)n[nH]2)c1.Cl. The van der Waals surface area contributed by atoms with Crippen LogP contribution in [0.5, 0.6) is 0 Å². The van der Waals surface area contributed by atoms with Crippen molar-refractivity contribution in [3.05, 3.63) is 48.4 Å². The van der Waals surface area contributed by atoms with Gasteiger partial charge in [0.1, 0.15) is 5.52 Å². The van der Waals surface area contributed by atoms with Gasteiger partial charge in [-0.1, -0.05) is 0 Å². The van der Waals surface area contributed by atoms with E-state index in [1.807, 2.05) is 37.4 Å². The van der Waals surface area contributed by atoms with Crippen molar-refractivity contribution < 1.29 is 9.15 Å². The number of aromatic amines is 1. The quantitative estimate of drug-likeness (QED) is 0.408. The summed E-state index contributed by atoms with van der Waals surface area (Å²) in [4.78, 5) is 20.2. The van der Waals surface area contributed by atoms with Crippen molar-refractivity contribution in [2.24, 2.45) is 0 Å². The van der Waals surface area contributed by atoms with Gasteiger partial charge in [0.2, 0.25) is 11.7 Å². The zero-order valence-corrected chi connectivity index (χ0v) is 18.6. The fraction of sp³-hybridized carbons (Fsp3) is 0.227. The first kappa shape index (κ1) is 21.1. The van der Waals surface area contributed by atoms with Crippen LogP contribution in [0.2, 0.25) is 0 Å². The van der Waals surface area contributed by atoms with E-state index < -0.39 is 0 Å². The number of morpholine rings is 1. The molecule has 6 rings (SSSR count). The Hall–Kier alpha value is -3.76. The van der Waals surface area contributed by atoms with Crippen LogP contribution in [0.1, 0.15) is 5.56 Å². The van der Waals surface area contributed by atoms with Gasteiger partial charge < -0.3 is 19.4 Å². The van der Waals surface area contributed by atoms with Crippen LogP contribution < -0.4 is 10.2 Å². The molecule has 5 aromatic rings. The molecule has 1 aliphatic heterocycles. The molecule has 0 atom stereocenters. The molecule has 1 aliphatic rings. The van der Waals surface area contributed by atoms with E-state index in [0.29, 0.717) is 41.8 Å². The topological polar surface area (TPSA) is 118 Å². The molecule has 33 heavy (non-hydrogen) atoms. The van der Waals surface area contributed by atoms with Gasteiger partial charge in [-0.15, -0.1) is 12.4 Å². The van der Waals surface area contributed by atoms with Crippen LogP contribution in [0.25, 0.3) is 33.5 Å². The van der Waals surface area contributed by atoms with Gasteiger partial charge in [-0.2, -0.15) is 10.1 Å². The second kappa shape index (κ2) is 8.64. The highest BCUT2D eigenvalue weighted by molar-refractivity contribution is 6.05. The minimum Gasteiger partial charge on any atom is -0.432 e. The number of nitrogens with one attached hydrogen (secondary N) is 2. The molecule has 0 spiro atoms. The number of furan rings is 1. The zero-order chi connectivity index (χ0) is 21.5. The number of fused-ring (bicyclic) bond motifs is 3. The van der Waals surface area contributed by atoms with E-state index in [0.717, 1.165) is 41.1 Å². The minimum absolute atomic E-state index is 0. The molecule has 168 valence electrons. The average Bonchev–Trinajstić information content (AvgIpc) is 3.44. The Labute approximate surface area is 194 Å². The third kappa shape index (κ3) is 3.94. The Morgan fingerprint density at radius 2 is 2.00 bits per heavy atom. The molecule has 1 fully saturated rings. The van der Waals surface area contributed by atoms with Gasteiger partial charge >= 0.3 is 0 Å². The highest BCUT2D eigenvalue weighted by atomic mass is 35.5. The predicted molar refractivity (Wildman–Crippen MR) is 127 cm³/mol. The average molecular weight is 465 g/mol. The Bertz CT molecular complexity index is 1430. The van der Waals surface area contributed by atoms with Gasteiger partial charge in [-0.25, -0.2) is 9.97 Å². The number of halogens is 1. The molecule has 1 saturated heterocycles. The highest BCUT2D eigenvalue weighted by Gasteiger charge is 2.22. The molecular weight excluding hydrogens is 444 g/mol. The van der Waals surface area contributed by atoms with E-state index in [-0.39, 0.29) is 12.4 Å². The Balaban J connectivity index is 0.00000228. The lowest BCUT2D eigenvalue weighted by Gasteiger charge is -2.27. The molecular formula is C22H21ClN8O2. The lowest BCUT2D eigenvalue weighted by Crippen LogP contribution is -2.37. The van der Waals surface area contributed by atoms with Crippen LogP contribution in [-0.2, 0) is 4.74 Å². The van der Waals surface area contributed by atoms with E-state index in [1.165, 1.54) is 0 Å². The van der Waals surface area contributed by atoms with Gasteiger partial charge in [-0.05, 0) is 30.7 Å². The molecule has 0 bridgehead atoms. The first-order valence-electron chi connectivity index (χ1n) is 10.4. The molecule has 6 heterocycles. The lowest BCUT2D eigenvalue weighted by molar-refractivity contribution is 0.122. The molecule has 0 unspecified atom stereocenters. The van der Waals surface area contributed by atoms with Crippen molar-refractivity contribution in [2.45, 2.75) is 6.92 Å². The number of anilines is 3. The van der Waals surface area contributed by atoms with Crippen LogP contribution in [0, 0.1) is 6.92 Å². The lowest BCUT2D eigenvalue weighted by atomic mass is 10.2. The molecule has 5 aromatic heterocycles. The Kier molecular flexibility index (Phi) is 5.53. The van der Waals surface area contributed by atoms with E-state index in [4.69, 9.17) is 19.1 Å². The number of nitrogens with zero attached hydrogens (tertiary/aromatic N) is 6. The number of ether oxygens (including phenoxy) is 1. The monoisotopic (exact) mass is 464 g/mol. The Morgan fingerprint density at radius 3 is 2.85 bits per heavy atom. The number of H-pyrrole nitrogens is 1. The van der Waals surface area contributed by atoms with Crippen LogP contribution in [-0.4, -0.2) is 56.4 Å². The normalized spacial score (nSPS) is 13.9. The maximum absolute atomic E-state index is 6.04. The van der Waals surface area contributed by atoms with Crippen molar-refractivity contribution in [1.82, 2.24) is 30.1 Å². The molecule has 2 N–H and O–H groups in total. The fourth-order valence-electron chi connectivity index (χ4n) is 3.86. The third-order valence-corrected chi connectivity index (χ3v) is 5.39. The molecule has 0 aliphatic carbocycles. The van der Waals surface area contributed by atoms with Crippen molar-refractivity contribution in [3.63, 3.8) is 0 Å². The number of aryl methyl sites for hydroxylation is 1. The van der Waals surface area contributed by atoms with Crippen LogP contribution >= 0.6 is 12.4 Å². The van der Waals surface area contributed by atoms with E-state index in [1.54, 1.807) is 12.4 Å². The highest BCUT2D eigenvalue weighted by Crippen LogP contribution is 2.34. The van der Waals surface area contributed by atoms with E-state index in [9.17, 15) is 0 Å². The summed E-state index contributed by atoms with van der Waals surface area (Å²) in [5, 5.41) is 11.5. The first-order chi connectivity index (χ1) is 15.7. The van der Waals surface area contributed by atoms with Crippen LogP contribution in [0.15, 0.2) is 47.3 Å². The van der Waals surface area contributed by atoms with Gasteiger partial charge in [0.15, 0.2) is 17.2 Å². The minimum atomic E-state index is 0. The summed E-state index contributed by atoms with van der Waals surface area (Å²) in [7, 11) is 0. The van der Waals surface area contributed by atoms with Crippen molar-refractivity contribution >= 4 is 52.2 Å². The predicted octanol–water partition coefficient (Wildman–Crippen LogP) is 3.87. The van der Waals surface area contributed by atoms with Gasteiger partial charge in [0, 0.05) is 43.3 Å². The largest absolute Gasteiger partial charge is 0.432 e. The standard InChI is InChI=1S/C22H20N8O2.ClH/c1-13-9-14(12-23-11-13)16-10-17(29-28-16)25-22-26-18-15-3-2-4-24-21(15)32-19(18)20(27-22)30-5-7-31-8-6-30;/h2-4,9-12H,5-8H2,1H3,(H2,25,26,27,28,29);1H. The number of hydrogen-bond acceptors (Lipinski definition) is 9. The molecule has 10 nitrogen and oxygen atoms in total. The van der Waals surface area contributed by atoms with Gasteiger partial charge in [0.05, 0.1) is 24.3 Å². The summed E-state index contributed by atoms with van der Waals surface area (Å²) in [5.41, 5.74) is 4.78. The summed E-state index contributed by atoms with van der Waals surface area (Å²) in [6.45, 7) is 4.73.